The summed E-state index contributed by atoms with van der Waals surface area (Å²) in [6.45, 7) is 6.66. The van der Waals surface area contributed by atoms with Gasteiger partial charge in [0, 0.05) is 6.54 Å². The molecule has 0 radical (unpaired) electrons. The van der Waals surface area contributed by atoms with Gasteiger partial charge >= 0.3 is 0 Å². The van der Waals surface area contributed by atoms with Crippen LogP contribution in [0.2, 0.25) is 0 Å². The Bertz CT molecular complexity index is 760. The topological polar surface area (TPSA) is 55.4 Å². The summed E-state index contributed by atoms with van der Waals surface area (Å²) in [6, 6.07) is 14.3. The summed E-state index contributed by atoms with van der Waals surface area (Å²) >= 11 is 0. The van der Waals surface area contributed by atoms with Gasteiger partial charge in [-0.05, 0) is 40.8 Å². The second-order valence-electron chi connectivity index (χ2n) is 6.45. The van der Waals surface area contributed by atoms with Crippen LogP contribution in [0.25, 0.3) is 0 Å². The van der Waals surface area contributed by atoms with E-state index in [1.165, 1.54) is 17.7 Å². The van der Waals surface area contributed by atoms with Crippen molar-refractivity contribution >= 4 is 10.0 Å². The molecule has 0 atom stereocenters. The summed E-state index contributed by atoms with van der Waals surface area (Å²) in [5.41, 5.74) is 2.15. The fourth-order valence-corrected chi connectivity index (χ4v) is 3.18. The van der Waals surface area contributed by atoms with E-state index in [1.54, 1.807) is 19.2 Å². The average Bonchev–Trinajstić information content (AvgIpc) is 2.52. The third-order valence-electron chi connectivity index (χ3n) is 3.63. The Labute approximate surface area is 138 Å². The molecule has 0 aromatic heterocycles. The molecule has 4 nitrogen and oxygen atoms in total. The SMILES string of the molecule is COc1ccc(S(=O)(=O)NCc2cccc(C(C)(C)C)c2)cc1. The third kappa shape index (κ3) is 4.56. The average molecular weight is 333 g/mol. The number of hydrogen-bond donors (Lipinski definition) is 1. The van der Waals surface area contributed by atoms with Gasteiger partial charge in [-0.25, -0.2) is 13.1 Å². The first-order valence-electron chi connectivity index (χ1n) is 7.45. The van der Waals surface area contributed by atoms with Crippen molar-refractivity contribution in [1.29, 1.82) is 0 Å². The van der Waals surface area contributed by atoms with E-state index in [-0.39, 0.29) is 16.9 Å². The van der Waals surface area contributed by atoms with Crippen LogP contribution in [-0.4, -0.2) is 15.5 Å². The number of benzene rings is 2. The Balaban J connectivity index is 2.13. The van der Waals surface area contributed by atoms with Gasteiger partial charge in [-0.3, -0.25) is 0 Å². The number of nitrogens with one attached hydrogen (secondary N) is 1. The molecule has 23 heavy (non-hydrogen) atoms. The van der Waals surface area contributed by atoms with Crippen LogP contribution in [0, 0.1) is 0 Å². The van der Waals surface area contributed by atoms with E-state index in [9.17, 15) is 8.42 Å². The Morgan fingerprint density at radius 2 is 1.70 bits per heavy atom. The minimum atomic E-state index is -3.54. The van der Waals surface area contributed by atoms with Gasteiger partial charge in [0.2, 0.25) is 10.0 Å². The maximum Gasteiger partial charge on any atom is 0.240 e. The number of rotatable bonds is 5. The molecule has 2 aromatic rings. The zero-order valence-corrected chi connectivity index (χ0v) is 14.8. The van der Waals surface area contributed by atoms with Gasteiger partial charge in [-0.1, -0.05) is 45.0 Å². The maximum absolute atomic E-state index is 12.3. The lowest BCUT2D eigenvalue weighted by molar-refractivity contribution is 0.414. The maximum atomic E-state index is 12.3. The van der Waals surface area contributed by atoms with E-state index in [2.05, 4.69) is 31.6 Å². The first-order chi connectivity index (χ1) is 10.7. The van der Waals surface area contributed by atoms with Crippen molar-refractivity contribution in [2.24, 2.45) is 0 Å². The summed E-state index contributed by atoms with van der Waals surface area (Å²) in [7, 11) is -1.99. The largest absolute Gasteiger partial charge is 0.497 e. The van der Waals surface area contributed by atoms with Gasteiger partial charge in [-0.2, -0.15) is 0 Å². The summed E-state index contributed by atoms with van der Waals surface area (Å²) in [4.78, 5) is 0.227. The van der Waals surface area contributed by atoms with Crippen LogP contribution in [0.5, 0.6) is 5.75 Å². The van der Waals surface area contributed by atoms with Crippen molar-refractivity contribution in [3.8, 4) is 5.75 Å². The molecule has 0 saturated heterocycles. The molecule has 0 fully saturated rings. The molecule has 0 aliphatic carbocycles. The third-order valence-corrected chi connectivity index (χ3v) is 5.05. The zero-order chi connectivity index (χ0) is 17.1. The Kier molecular flexibility index (Phi) is 5.12. The van der Waals surface area contributed by atoms with Crippen molar-refractivity contribution in [3.05, 3.63) is 59.7 Å². The van der Waals surface area contributed by atoms with Crippen molar-refractivity contribution < 1.29 is 13.2 Å². The van der Waals surface area contributed by atoms with Crippen LogP contribution in [0.4, 0.5) is 0 Å². The molecule has 0 heterocycles. The van der Waals surface area contributed by atoms with Gasteiger partial charge in [0.25, 0.3) is 0 Å². The molecule has 0 saturated carbocycles. The van der Waals surface area contributed by atoms with Gasteiger partial charge in [-0.15, -0.1) is 0 Å². The minimum Gasteiger partial charge on any atom is -0.497 e. The molecule has 0 amide bonds. The van der Waals surface area contributed by atoms with Crippen molar-refractivity contribution in [2.75, 3.05) is 7.11 Å². The number of methoxy groups -OCH3 is 1. The first kappa shape index (κ1) is 17.5. The normalized spacial score (nSPS) is 12.2. The lowest BCUT2D eigenvalue weighted by atomic mass is 9.86. The Morgan fingerprint density at radius 3 is 2.26 bits per heavy atom. The lowest BCUT2D eigenvalue weighted by Gasteiger charge is -2.19. The molecule has 0 unspecified atom stereocenters. The standard InChI is InChI=1S/C18H23NO3S/c1-18(2,3)15-7-5-6-14(12-15)13-19-23(20,21)17-10-8-16(22-4)9-11-17/h5-12,19H,13H2,1-4H3. The van der Waals surface area contributed by atoms with Crippen molar-refractivity contribution in [2.45, 2.75) is 37.6 Å². The van der Waals surface area contributed by atoms with Crippen LogP contribution in [0.3, 0.4) is 0 Å². The Morgan fingerprint density at radius 1 is 1.04 bits per heavy atom. The van der Waals surface area contributed by atoms with Gasteiger partial charge in [0.15, 0.2) is 0 Å². The lowest BCUT2D eigenvalue weighted by Crippen LogP contribution is -2.23. The summed E-state index contributed by atoms with van der Waals surface area (Å²) < 4.78 is 32.4. The molecule has 0 aliphatic heterocycles. The van der Waals surface area contributed by atoms with E-state index < -0.39 is 10.0 Å². The molecule has 5 heteroatoms. The number of ether oxygens (including phenoxy) is 1. The highest BCUT2D eigenvalue weighted by Crippen LogP contribution is 2.23. The van der Waals surface area contributed by atoms with E-state index >= 15 is 0 Å². The quantitative estimate of drug-likeness (QED) is 0.911. The fourth-order valence-electron chi connectivity index (χ4n) is 2.16. The minimum absolute atomic E-state index is 0.0326. The molecular weight excluding hydrogens is 310 g/mol. The van der Waals surface area contributed by atoms with Crippen LogP contribution >= 0.6 is 0 Å². The van der Waals surface area contributed by atoms with Crippen molar-refractivity contribution in [1.82, 2.24) is 4.72 Å². The van der Waals surface area contributed by atoms with E-state index in [0.29, 0.717) is 5.75 Å². The second-order valence-corrected chi connectivity index (χ2v) is 8.22. The first-order valence-corrected chi connectivity index (χ1v) is 8.94. The van der Waals surface area contributed by atoms with Crippen molar-refractivity contribution in [3.63, 3.8) is 0 Å². The van der Waals surface area contributed by atoms with E-state index in [1.807, 2.05) is 18.2 Å². The molecule has 2 rings (SSSR count). The van der Waals surface area contributed by atoms with Gasteiger partial charge in [0.05, 0.1) is 12.0 Å². The summed E-state index contributed by atoms with van der Waals surface area (Å²) in [5, 5.41) is 0. The molecule has 1 N–H and O–H groups in total. The van der Waals surface area contributed by atoms with Gasteiger partial charge in [0.1, 0.15) is 5.75 Å². The van der Waals surface area contributed by atoms with Gasteiger partial charge < -0.3 is 4.74 Å². The van der Waals surface area contributed by atoms with E-state index in [0.717, 1.165) is 5.56 Å². The molecule has 0 spiro atoms. The highest BCUT2D eigenvalue weighted by Gasteiger charge is 2.16. The fraction of sp³-hybridized carbons (Fsp3) is 0.333. The summed E-state index contributed by atoms with van der Waals surface area (Å²) in [6.07, 6.45) is 0. The highest BCUT2D eigenvalue weighted by atomic mass is 32.2. The highest BCUT2D eigenvalue weighted by molar-refractivity contribution is 7.89. The summed E-state index contributed by atoms with van der Waals surface area (Å²) in [5.74, 6) is 0.627. The molecule has 0 bridgehead atoms. The molecular formula is C18H23NO3S. The molecule has 124 valence electrons. The predicted octanol–water partition coefficient (Wildman–Crippen LogP) is 3.47. The predicted molar refractivity (Wildman–Crippen MR) is 92.2 cm³/mol. The smallest absolute Gasteiger partial charge is 0.240 e. The molecule has 2 aromatic carbocycles. The van der Waals surface area contributed by atoms with Crippen LogP contribution in [0.15, 0.2) is 53.4 Å². The van der Waals surface area contributed by atoms with Crippen LogP contribution < -0.4 is 9.46 Å². The van der Waals surface area contributed by atoms with Crippen LogP contribution in [-0.2, 0) is 22.0 Å². The Hall–Kier alpha value is -1.85. The van der Waals surface area contributed by atoms with E-state index in [4.69, 9.17) is 4.74 Å². The van der Waals surface area contributed by atoms with Crippen LogP contribution in [0.1, 0.15) is 31.9 Å². The molecule has 0 aliphatic rings. The monoisotopic (exact) mass is 333 g/mol. The number of sulfonamides is 1. The number of hydrogen-bond acceptors (Lipinski definition) is 3. The zero-order valence-electron chi connectivity index (χ0n) is 14.0. The second kappa shape index (κ2) is 6.72.